The largest absolute Gasteiger partial charge is 0.494 e. The lowest BCUT2D eigenvalue weighted by molar-refractivity contribution is 0.102. The summed E-state index contributed by atoms with van der Waals surface area (Å²) in [5.74, 6) is 0.680. The number of anilines is 2. The van der Waals surface area contributed by atoms with Crippen LogP contribution in [0.4, 0.5) is 11.4 Å². The second kappa shape index (κ2) is 9.11. The van der Waals surface area contributed by atoms with E-state index in [0.717, 1.165) is 36.5 Å². The van der Waals surface area contributed by atoms with Gasteiger partial charge in [-0.2, -0.15) is 0 Å². The predicted octanol–water partition coefficient (Wildman–Crippen LogP) is 4.88. The van der Waals surface area contributed by atoms with E-state index in [-0.39, 0.29) is 5.91 Å². The minimum Gasteiger partial charge on any atom is -0.494 e. The Bertz CT molecular complexity index is 692. The van der Waals surface area contributed by atoms with Crippen molar-refractivity contribution >= 4 is 17.3 Å². The fourth-order valence-electron chi connectivity index (χ4n) is 2.69. The van der Waals surface area contributed by atoms with Gasteiger partial charge in [-0.1, -0.05) is 6.92 Å². The van der Waals surface area contributed by atoms with Gasteiger partial charge in [0.05, 0.1) is 6.61 Å². The van der Waals surface area contributed by atoms with Crippen LogP contribution in [0.15, 0.2) is 42.5 Å². The van der Waals surface area contributed by atoms with E-state index in [1.165, 1.54) is 5.69 Å². The Morgan fingerprint density at radius 3 is 2.28 bits per heavy atom. The number of benzene rings is 2. The summed E-state index contributed by atoms with van der Waals surface area (Å²) < 4.78 is 5.55. The predicted molar refractivity (Wildman–Crippen MR) is 105 cm³/mol. The van der Waals surface area contributed by atoms with Gasteiger partial charge in [-0.05, 0) is 75.2 Å². The molecule has 2 aromatic carbocycles. The van der Waals surface area contributed by atoms with Crippen LogP contribution in [-0.2, 0) is 0 Å². The molecule has 0 aliphatic rings. The van der Waals surface area contributed by atoms with Gasteiger partial charge >= 0.3 is 0 Å². The molecule has 0 aliphatic carbocycles. The van der Waals surface area contributed by atoms with Gasteiger partial charge in [-0.3, -0.25) is 4.79 Å². The number of nitrogens with zero attached hydrogens (tertiary/aromatic N) is 1. The molecule has 2 aromatic rings. The molecule has 25 heavy (non-hydrogen) atoms. The lowest BCUT2D eigenvalue weighted by Crippen LogP contribution is -2.22. The van der Waals surface area contributed by atoms with Crippen LogP contribution in [0.25, 0.3) is 0 Å². The second-order valence-electron chi connectivity index (χ2n) is 6.00. The number of ether oxygens (including phenoxy) is 1. The molecule has 0 atom stereocenters. The fraction of sp³-hybridized carbons (Fsp3) is 0.381. The van der Waals surface area contributed by atoms with Gasteiger partial charge in [0.1, 0.15) is 5.75 Å². The first-order valence-electron chi connectivity index (χ1n) is 8.98. The van der Waals surface area contributed by atoms with E-state index in [4.69, 9.17) is 4.74 Å². The number of rotatable bonds is 8. The van der Waals surface area contributed by atoms with E-state index in [2.05, 4.69) is 43.1 Å². The molecule has 0 unspecified atom stereocenters. The lowest BCUT2D eigenvalue weighted by Gasteiger charge is -2.22. The van der Waals surface area contributed by atoms with Crippen molar-refractivity contribution < 1.29 is 9.53 Å². The van der Waals surface area contributed by atoms with Crippen LogP contribution in [0, 0.1) is 6.92 Å². The summed E-state index contributed by atoms with van der Waals surface area (Å²) in [5, 5.41) is 2.99. The molecule has 0 radical (unpaired) electrons. The number of hydrogen-bond donors (Lipinski definition) is 1. The van der Waals surface area contributed by atoms with E-state index >= 15 is 0 Å². The maximum absolute atomic E-state index is 12.5. The standard InChI is InChI=1S/C21H28N2O2/c1-5-14-25-19-11-8-17(9-12-19)21(24)22-20-13-10-18(15-16(20)4)23(6-2)7-3/h8-13,15H,5-7,14H2,1-4H3,(H,22,24). The number of amides is 1. The van der Waals surface area contributed by atoms with E-state index in [9.17, 15) is 4.79 Å². The number of carbonyl (C=O) groups is 1. The minimum absolute atomic E-state index is 0.110. The third-order valence-electron chi connectivity index (χ3n) is 4.18. The Balaban J connectivity index is 2.07. The molecule has 2 rings (SSSR count). The van der Waals surface area contributed by atoms with Gasteiger partial charge in [0.15, 0.2) is 0 Å². The van der Waals surface area contributed by atoms with Crippen LogP contribution in [0.2, 0.25) is 0 Å². The van der Waals surface area contributed by atoms with Crippen LogP contribution in [-0.4, -0.2) is 25.6 Å². The van der Waals surface area contributed by atoms with Crippen molar-refractivity contribution in [3.8, 4) is 5.75 Å². The Morgan fingerprint density at radius 1 is 1.04 bits per heavy atom. The van der Waals surface area contributed by atoms with Crippen molar-refractivity contribution in [1.29, 1.82) is 0 Å². The molecule has 0 aromatic heterocycles. The number of hydrogen-bond acceptors (Lipinski definition) is 3. The molecule has 0 saturated heterocycles. The SMILES string of the molecule is CCCOc1ccc(C(=O)Nc2ccc(N(CC)CC)cc2C)cc1. The summed E-state index contributed by atoms with van der Waals surface area (Å²) in [4.78, 5) is 14.7. The van der Waals surface area contributed by atoms with Crippen molar-refractivity contribution in [2.24, 2.45) is 0 Å². The molecule has 134 valence electrons. The average molecular weight is 340 g/mol. The first-order chi connectivity index (χ1) is 12.1. The summed E-state index contributed by atoms with van der Waals surface area (Å²) in [7, 11) is 0. The van der Waals surface area contributed by atoms with Crippen LogP contribution < -0.4 is 15.0 Å². The summed E-state index contributed by atoms with van der Waals surface area (Å²) in [6.07, 6.45) is 0.963. The van der Waals surface area contributed by atoms with Crippen LogP contribution in [0.5, 0.6) is 5.75 Å². The maximum Gasteiger partial charge on any atom is 0.255 e. The van der Waals surface area contributed by atoms with Crippen molar-refractivity contribution in [2.45, 2.75) is 34.1 Å². The molecule has 0 bridgehead atoms. The van der Waals surface area contributed by atoms with Crippen LogP contribution in [0.1, 0.15) is 43.1 Å². The highest BCUT2D eigenvalue weighted by molar-refractivity contribution is 6.04. The third kappa shape index (κ3) is 4.99. The molecule has 0 aliphatic heterocycles. The fourth-order valence-corrected chi connectivity index (χ4v) is 2.69. The second-order valence-corrected chi connectivity index (χ2v) is 6.00. The molecule has 1 amide bonds. The monoisotopic (exact) mass is 340 g/mol. The molecule has 0 spiro atoms. The highest BCUT2D eigenvalue weighted by Crippen LogP contribution is 2.23. The van der Waals surface area contributed by atoms with Crippen molar-refractivity contribution in [3.05, 3.63) is 53.6 Å². The summed E-state index contributed by atoms with van der Waals surface area (Å²) in [6.45, 7) is 11.0. The lowest BCUT2D eigenvalue weighted by atomic mass is 10.1. The third-order valence-corrected chi connectivity index (χ3v) is 4.18. The molecule has 0 heterocycles. The Labute approximate surface area is 150 Å². The zero-order valence-corrected chi connectivity index (χ0v) is 15.6. The van der Waals surface area contributed by atoms with E-state index in [0.29, 0.717) is 12.2 Å². The normalized spacial score (nSPS) is 10.4. The number of carbonyl (C=O) groups excluding carboxylic acids is 1. The van der Waals surface area contributed by atoms with Crippen molar-refractivity contribution in [2.75, 3.05) is 29.9 Å². The van der Waals surface area contributed by atoms with Crippen molar-refractivity contribution in [1.82, 2.24) is 0 Å². The molecule has 4 nitrogen and oxygen atoms in total. The Kier molecular flexibility index (Phi) is 6.87. The summed E-state index contributed by atoms with van der Waals surface area (Å²) in [6, 6.07) is 13.4. The van der Waals surface area contributed by atoms with Gasteiger partial charge in [-0.15, -0.1) is 0 Å². The van der Waals surface area contributed by atoms with Gasteiger partial charge in [-0.25, -0.2) is 0 Å². The zero-order chi connectivity index (χ0) is 18.2. The summed E-state index contributed by atoms with van der Waals surface area (Å²) >= 11 is 0. The van der Waals surface area contributed by atoms with Gasteiger partial charge in [0.2, 0.25) is 0 Å². The first kappa shape index (κ1) is 18.8. The highest BCUT2D eigenvalue weighted by Gasteiger charge is 2.10. The maximum atomic E-state index is 12.5. The first-order valence-corrected chi connectivity index (χ1v) is 8.98. The highest BCUT2D eigenvalue weighted by atomic mass is 16.5. The Morgan fingerprint density at radius 2 is 1.72 bits per heavy atom. The smallest absolute Gasteiger partial charge is 0.255 e. The zero-order valence-electron chi connectivity index (χ0n) is 15.6. The molecule has 0 fully saturated rings. The van der Waals surface area contributed by atoms with Gasteiger partial charge in [0.25, 0.3) is 5.91 Å². The van der Waals surface area contributed by atoms with E-state index < -0.39 is 0 Å². The van der Waals surface area contributed by atoms with E-state index in [1.807, 2.05) is 25.1 Å². The molecular formula is C21H28N2O2. The van der Waals surface area contributed by atoms with Crippen LogP contribution in [0.3, 0.4) is 0 Å². The van der Waals surface area contributed by atoms with Crippen LogP contribution >= 0.6 is 0 Å². The topological polar surface area (TPSA) is 41.6 Å². The number of nitrogens with one attached hydrogen (secondary N) is 1. The average Bonchev–Trinajstić information content (AvgIpc) is 2.63. The minimum atomic E-state index is -0.110. The molecular weight excluding hydrogens is 312 g/mol. The molecule has 1 N–H and O–H groups in total. The van der Waals surface area contributed by atoms with Crippen molar-refractivity contribution in [3.63, 3.8) is 0 Å². The summed E-state index contributed by atoms with van der Waals surface area (Å²) in [5.41, 5.74) is 3.70. The van der Waals surface area contributed by atoms with E-state index in [1.54, 1.807) is 12.1 Å². The Hall–Kier alpha value is -2.49. The molecule has 0 saturated carbocycles. The van der Waals surface area contributed by atoms with Gasteiger partial charge in [0, 0.05) is 30.0 Å². The quantitative estimate of drug-likeness (QED) is 0.744. The van der Waals surface area contributed by atoms with Gasteiger partial charge < -0.3 is 15.0 Å². The molecule has 4 heteroatoms. The number of aryl methyl sites for hydroxylation is 1.